The highest BCUT2D eigenvalue weighted by Gasteiger charge is 2.26. The summed E-state index contributed by atoms with van der Waals surface area (Å²) in [5, 5.41) is 0. The van der Waals surface area contributed by atoms with Crippen LogP contribution in [0, 0.1) is 0 Å². The molecular weight excluding hydrogens is 314 g/mol. The van der Waals surface area contributed by atoms with Crippen LogP contribution in [0.5, 0.6) is 5.75 Å². The molecule has 0 N–H and O–H groups in total. The lowest BCUT2D eigenvalue weighted by Gasteiger charge is -2.38. The molecule has 1 heterocycles. The van der Waals surface area contributed by atoms with Crippen molar-refractivity contribution in [2.45, 2.75) is 6.92 Å². The van der Waals surface area contributed by atoms with E-state index in [1.54, 1.807) is 7.11 Å². The minimum absolute atomic E-state index is 0.0772. The van der Waals surface area contributed by atoms with Crippen molar-refractivity contribution >= 4 is 17.4 Å². The van der Waals surface area contributed by atoms with E-state index in [1.165, 1.54) is 0 Å². The molecule has 1 fully saturated rings. The Kier molecular flexibility index (Phi) is 5.43. The quantitative estimate of drug-likeness (QED) is 0.856. The third kappa shape index (κ3) is 3.71. The number of benzene rings is 2. The first-order valence-corrected chi connectivity index (χ1v) is 8.74. The van der Waals surface area contributed by atoms with E-state index in [2.05, 4.69) is 11.0 Å². The number of nitrogens with zero attached hydrogens (tertiary/aromatic N) is 3. The molecule has 0 atom stereocenters. The molecule has 0 aliphatic carbocycles. The van der Waals surface area contributed by atoms with E-state index in [0.29, 0.717) is 19.6 Å². The summed E-state index contributed by atoms with van der Waals surface area (Å²) in [5.74, 6) is 0.877. The number of para-hydroxylation sites is 3. The number of hydrogen-bond donors (Lipinski definition) is 0. The molecule has 132 valence electrons. The number of amides is 2. The maximum atomic E-state index is 12.9. The minimum Gasteiger partial charge on any atom is -0.495 e. The van der Waals surface area contributed by atoms with E-state index in [4.69, 9.17) is 4.74 Å². The van der Waals surface area contributed by atoms with Gasteiger partial charge in [0, 0.05) is 38.4 Å². The maximum Gasteiger partial charge on any atom is 0.324 e. The van der Waals surface area contributed by atoms with Gasteiger partial charge in [-0.05, 0) is 31.2 Å². The number of carbonyl (C=O) groups is 1. The molecule has 2 amide bonds. The molecular formula is C20H25N3O2. The number of piperazine rings is 1. The zero-order valence-electron chi connectivity index (χ0n) is 14.9. The van der Waals surface area contributed by atoms with Crippen molar-refractivity contribution in [2.24, 2.45) is 0 Å². The molecule has 25 heavy (non-hydrogen) atoms. The smallest absolute Gasteiger partial charge is 0.324 e. The van der Waals surface area contributed by atoms with E-state index in [-0.39, 0.29) is 6.03 Å². The number of methoxy groups -OCH3 is 1. The van der Waals surface area contributed by atoms with E-state index in [0.717, 1.165) is 30.2 Å². The van der Waals surface area contributed by atoms with Crippen molar-refractivity contribution < 1.29 is 9.53 Å². The minimum atomic E-state index is 0.0772. The second-order valence-electron chi connectivity index (χ2n) is 6.01. The fourth-order valence-electron chi connectivity index (χ4n) is 3.24. The Labute approximate surface area is 149 Å². The summed E-state index contributed by atoms with van der Waals surface area (Å²) in [6.45, 7) is 5.70. The zero-order valence-corrected chi connectivity index (χ0v) is 14.9. The highest BCUT2D eigenvalue weighted by molar-refractivity contribution is 5.92. The Morgan fingerprint density at radius 2 is 1.64 bits per heavy atom. The fraction of sp³-hybridized carbons (Fsp3) is 0.350. The molecule has 0 bridgehead atoms. The number of hydrogen-bond acceptors (Lipinski definition) is 3. The zero-order chi connectivity index (χ0) is 17.6. The topological polar surface area (TPSA) is 36.0 Å². The van der Waals surface area contributed by atoms with Crippen LogP contribution < -0.4 is 14.5 Å². The Hall–Kier alpha value is -2.69. The summed E-state index contributed by atoms with van der Waals surface area (Å²) in [4.78, 5) is 18.9. The molecule has 5 nitrogen and oxygen atoms in total. The van der Waals surface area contributed by atoms with Crippen molar-refractivity contribution in [3.63, 3.8) is 0 Å². The second-order valence-corrected chi connectivity index (χ2v) is 6.01. The van der Waals surface area contributed by atoms with Gasteiger partial charge in [-0.3, -0.25) is 4.90 Å². The van der Waals surface area contributed by atoms with Crippen LogP contribution in [-0.2, 0) is 0 Å². The van der Waals surface area contributed by atoms with Crippen molar-refractivity contribution in [3.8, 4) is 5.75 Å². The van der Waals surface area contributed by atoms with Gasteiger partial charge in [-0.1, -0.05) is 30.3 Å². The first kappa shape index (κ1) is 17.1. The van der Waals surface area contributed by atoms with Gasteiger partial charge in [0.25, 0.3) is 0 Å². The lowest BCUT2D eigenvalue weighted by molar-refractivity contribution is 0.201. The van der Waals surface area contributed by atoms with E-state index in [1.807, 2.05) is 65.3 Å². The van der Waals surface area contributed by atoms with Crippen molar-refractivity contribution in [2.75, 3.05) is 49.6 Å². The molecule has 1 aliphatic rings. The van der Waals surface area contributed by atoms with Crippen LogP contribution >= 0.6 is 0 Å². The Balaban J connectivity index is 1.66. The number of ether oxygens (including phenoxy) is 1. The molecule has 3 rings (SSSR count). The molecule has 0 saturated carbocycles. The van der Waals surface area contributed by atoms with Gasteiger partial charge in [0.1, 0.15) is 5.75 Å². The molecule has 0 spiro atoms. The lowest BCUT2D eigenvalue weighted by Crippen LogP contribution is -2.53. The van der Waals surface area contributed by atoms with Crippen molar-refractivity contribution in [3.05, 3.63) is 54.6 Å². The van der Waals surface area contributed by atoms with Gasteiger partial charge in [0.15, 0.2) is 0 Å². The van der Waals surface area contributed by atoms with E-state index < -0.39 is 0 Å². The summed E-state index contributed by atoms with van der Waals surface area (Å²) >= 11 is 0. The summed E-state index contributed by atoms with van der Waals surface area (Å²) in [7, 11) is 1.69. The standard InChI is InChI=1S/C20H25N3O2/c1-3-23(17-9-5-4-6-10-17)20(24)22-15-13-21(14-16-22)18-11-7-8-12-19(18)25-2/h4-12H,3,13-16H2,1-2H3. The van der Waals surface area contributed by atoms with E-state index in [9.17, 15) is 4.79 Å². The Bertz CT molecular complexity index is 697. The first-order chi connectivity index (χ1) is 12.2. The van der Waals surface area contributed by atoms with Crippen molar-refractivity contribution in [1.29, 1.82) is 0 Å². The Morgan fingerprint density at radius 1 is 1.00 bits per heavy atom. The third-order valence-corrected chi connectivity index (χ3v) is 4.59. The fourth-order valence-corrected chi connectivity index (χ4v) is 3.24. The predicted octanol–water partition coefficient (Wildman–Crippen LogP) is 3.46. The van der Waals surface area contributed by atoms with E-state index >= 15 is 0 Å². The average molecular weight is 339 g/mol. The lowest BCUT2D eigenvalue weighted by atomic mass is 10.2. The Morgan fingerprint density at radius 3 is 2.28 bits per heavy atom. The van der Waals surface area contributed by atoms with Gasteiger partial charge in [-0.25, -0.2) is 4.79 Å². The predicted molar refractivity (Wildman–Crippen MR) is 102 cm³/mol. The summed E-state index contributed by atoms with van der Waals surface area (Å²) in [6.07, 6.45) is 0. The van der Waals surface area contributed by atoms with Crippen LogP contribution in [0.2, 0.25) is 0 Å². The molecule has 5 heteroatoms. The van der Waals surface area contributed by atoms with Crippen LogP contribution in [0.15, 0.2) is 54.6 Å². The van der Waals surface area contributed by atoms with Gasteiger partial charge in [-0.2, -0.15) is 0 Å². The van der Waals surface area contributed by atoms with Gasteiger partial charge >= 0.3 is 6.03 Å². The normalized spacial score (nSPS) is 14.3. The summed E-state index contributed by atoms with van der Waals surface area (Å²) < 4.78 is 5.46. The van der Waals surface area contributed by atoms with Crippen molar-refractivity contribution in [1.82, 2.24) is 4.90 Å². The second kappa shape index (κ2) is 7.92. The molecule has 2 aromatic carbocycles. The van der Waals surface area contributed by atoms with Gasteiger partial charge in [0.05, 0.1) is 12.8 Å². The van der Waals surface area contributed by atoms with Crippen LogP contribution in [-0.4, -0.2) is 50.8 Å². The number of urea groups is 1. The van der Waals surface area contributed by atoms with Crippen LogP contribution in [0.4, 0.5) is 16.2 Å². The molecule has 2 aromatic rings. The molecule has 0 radical (unpaired) electrons. The molecule has 1 saturated heterocycles. The molecule has 0 aromatic heterocycles. The van der Waals surface area contributed by atoms with Gasteiger partial charge in [-0.15, -0.1) is 0 Å². The highest BCUT2D eigenvalue weighted by atomic mass is 16.5. The monoisotopic (exact) mass is 339 g/mol. The van der Waals surface area contributed by atoms with Gasteiger partial charge in [0.2, 0.25) is 0 Å². The van der Waals surface area contributed by atoms with Crippen LogP contribution in [0.25, 0.3) is 0 Å². The van der Waals surface area contributed by atoms with Crippen LogP contribution in [0.3, 0.4) is 0 Å². The number of carbonyl (C=O) groups excluding carboxylic acids is 1. The van der Waals surface area contributed by atoms with Gasteiger partial charge < -0.3 is 14.5 Å². The summed E-state index contributed by atoms with van der Waals surface area (Å²) in [6, 6.07) is 18.0. The molecule has 0 unspecified atom stereocenters. The van der Waals surface area contributed by atoms with Crippen LogP contribution in [0.1, 0.15) is 6.92 Å². The SMILES string of the molecule is CCN(C(=O)N1CCN(c2ccccc2OC)CC1)c1ccccc1. The summed E-state index contributed by atoms with van der Waals surface area (Å²) in [5.41, 5.74) is 2.04. The highest BCUT2D eigenvalue weighted by Crippen LogP contribution is 2.28. The third-order valence-electron chi connectivity index (χ3n) is 4.59. The number of rotatable bonds is 4. The largest absolute Gasteiger partial charge is 0.495 e. The first-order valence-electron chi connectivity index (χ1n) is 8.74. The average Bonchev–Trinajstić information content (AvgIpc) is 2.69. The number of anilines is 2. The molecule has 1 aliphatic heterocycles. The maximum absolute atomic E-state index is 12.9.